The van der Waals surface area contributed by atoms with E-state index in [9.17, 15) is 4.79 Å². The molecule has 32 heavy (non-hydrogen) atoms. The third-order valence-electron chi connectivity index (χ3n) is 5.76. The van der Waals surface area contributed by atoms with Crippen LogP contribution in [0.2, 0.25) is 0 Å². The molecule has 2 aromatic carbocycles. The third-order valence-corrected chi connectivity index (χ3v) is 6.73. The quantitative estimate of drug-likeness (QED) is 0.572. The molecule has 7 heteroatoms. The van der Waals surface area contributed by atoms with Crippen molar-refractivity contribution in [2.75, 3.05) is 27.3 Å². The number of carbonyl (C=O) groups excluding carboxylic acids is 1. The van der Waals surface area contributed by atoms with Crippen LogP contribution in [0.15, 0.2) is 48.5 Å². The Morgan fingerprint density at radius 2 is 1.81 bits per heavy atom. The number of likely N-dealkylation sites (tertiary alicyclic amines) is 1. The molecule has 2 heterocycles. The minimum atomic E-state index is -0.0206. The largest absolute Gasteiger partial charge is 0.493 e. The first-order chi connectivity index (χ1) is 15.6. The molecule has 1 aromatic heterocycles. The van der Waals surface area contributed by atoms with Gasteiger partial charge in [-0.1, -0.05) is 36.4 Å². The van der Waals surface area contributed by atoms with Gasteiger partial charge in [0.2, 0.25) is 0 Å². The van der Waals surface area contributed by atoms with Crippen LogP contribution in [-0.4, -0.2) is 49.1 Å². The van der Waals surface area contributed by atoms with Crippen LogP contribution in [0.3, 0.4) is 0 Å². The Bertz CT molecular complexity index is 1060. The monoisotopic (exact) mass is 451 g/mol. The van der Waals surface area contributed by atoms with Gasteiger partial charge in [-0.3, -0.25) is 9.69 Å². The maximum absolute atomic E-state index is 13.0. The lowest BCUT2D eigenvalue weighted by molar-refractivity contribution is 0.0913. The van der Waals surface area contributed by atoms with Gasteiger partial charge in [0.05, 0.1) is 24.9 Å². The first-order valence-electron chi connectivity index (χ1n) is 10.8. The zero-order chi connectivity index (χ0) is 22.5. The number of rotatable bonds is 7. The SMILES string of the molecule is COc1ccc(CN2CCC(NC(=O)c3sc(C)nc3-c3ccccc3)CC2)cc1OC. The normalized spacial score (nSPS) is 14.8. The van der Waals surface area contributed by atoms with Crippen molar-refractivity contribution in [3.05, 3.63) is 64.0 Å². The summed E-state index contributed by atoms with van der Waals surface area (Å²) in [7, 11) is 3.30. The lowest BCUT2D eigenvalue weighted by atomic mass is 10.0. The van der Waals surface area contributed by atoms with E-state index in [-0.39, 0.29) is 11.9 Å². The summed E-state index contributed by atoms with van der Waals surface area (Å²) in [6.07, 6.45) is 1.86. The minimum Gasteiger partial charge on any atom is -0.493 e. The van der Waals surface area contributed by atoms with Crippen LogP contribution in [-0.2, 0) is 6.54 Å². The van der Waals surface area contributed by atoms with E-state index < -0.39 is 0 Å². The van der Waals surface area contributed by atoms with Gasteiger partial charge in [-0.05, 0) is 37.5 Å². The number of aryl methyl sites for hydroxylation is 1. The number of ether oxygens (including phenoxy) is 2. The molecule has 0 spiro atoms. The van der Waals surface area contributed by atoms with Crippen molar-refractivity contribution < 1.29 is 14.3 Å². The lowest BCUT2D eigenvalue weighted by Crippen LogP contribution is -2.44. The van der Waals surface area contributed by atoms with Gasteiger partial charge in [0.25, 0.3) is 5.91 Å². The Morgan fingerprint density at radius 3 is 2.50 bits per heavy atom. The first-order valence-corrected chi connectivity index (χ1v) is 11.7. The van der Waals surface area contributed by atoms with Crippen molar-refractivity contribution in [2.45, 2.75) is 32.4 Å². The molecule has 1 aliphatic rings. The van der Waals surface area contributed by atoms with Crippen LogP contribution in [0, 0.1) is 6.92 Å². The molecule has 0 atom stereocenters. The summed E-state index contributed by atoms with van der Waals surface area (Å²) in [6, 6.07) is 16.1. The summed E-state index contributed by atoms with van der Waals surface area (Å²) in [6.45, 7) is 4.67. The van der Waals surface area contributed by atoms with Gasteiger partial charge in [0, 0.05) is 31.2 Å². The number of methoxy groups -OCH3 is 2. The van der Waals surface area contributed by atoms with Crippen LogP contribution in [0.1, 0.15) is 33.1 Å². The van der Waals surface area contributed by atoms with Crippen molar-refractivity contribution in [1.82, 2.24) is 15.2 Å². The molecule has 0 aliphatic carbocycles. The molecule has 1 fully saturated rings. The second-order valence-corrected chi connectivity index (χ2v) is 9.19. The first kappa shape index (κ1) is 22.3. The van der Waals surface area contributed by atoms with Crippen LogP contribution < -0.4 is 14.8 Å². The molecule has 0 bridgehead atoms. The number of hydrogen-bond donors (Lipinski definition) is 1. The number of nitrogens with one attached hydrogen (secondary N) is 1. The minimum absolute atomic E-state index is 0.0206. The highest BCUT2D eigenvalue weighted by Gasteiger charge is 2.24. The second-order valence-electron chi connectivity index (χ2n) is 7.99. The van der Waals surface area contributed by atoms with Crippen molar-refractivity contribution in [3.63, 3.8) is 0 Å². The molecule has 1 N–H and O–H groups in total. The molecule has 4 rings (SSSR count). The van der Waals surface area contributed by atoms with E-state index >= 15 is 0 Å². The Balaban J connectivity index is 1.34. The molecule has 6 nitrogen and oxygen atoms in total. The van der Waals surface area contributed by atoms with Crippen LogP contribution in [0.5, 0.6) is 11.5 Å². The summed E-state index contributed by atoms with van der Waals surface area (Å²) in [5.74, 6) is 1.47. The predicted molar refractivity (Wildman–Crippen MR) is 128 cm³/mol. The summed E-state index contributed by atoms with van der Waals surface area (Å²) in [4.78, 5) is 20.8. The number of piperidine rings is 1. The standard InChI is InChI=1S/C25H29N3O3S/c1-17-26-23(19-7-5-4-6-8-19)24(32-17)25(29)27-20-11-13-28(14-12-20)16-18-9-10-21(30-2)22(15-18)31-3/h4-10,15,20H,11-14,16H2,1-3H3,(H,27,29). The van der Waals surface area contributed by atoms with Gasteiger partial charge in [-0.25, -0.2) is 4.98 Å². The molecular formula is C25H29N3O3S. The highest BCUT2D eigenvalue weighted by atomic mass is 32.1. The van der Waals surface area contributed by atoms with E-state index in [1.54, 1.807) is 14.2 Å². The fourth-order valence-electron chi connectivity index (χ4n) is 4.10. The fourth-order valence-corrected chi connectivity index (χ4v) is 4.94. The Morgan fingerprint density at radius 1 is 1.09 bits per heavy atom. The van der Waals surface area contributed by atoms with Gasteiger partial charge < -0.3 is 14.8 Å². The topological polar surface area (TPSA) is 63.7 Å². The molecule has 1 aliphatic heterocycles. The predicted octanol–water partition coefficient (Wildman–Crippen LogP) is 4.53. The number of hydrogen-bond acceptors (Lipinski definition) is 6. The molecule has 0 unspecified atom stereocenters. The summed E-state index contributed by atoms with van der Waals surface area (Å²) in [5, 5.41) is 4.15. The smallest absolute Gasteiger partial charge is 0.263 e. The van der Waals surface area contributed by atoms with Crippen molar-refractivity contribution >= 4 is 17.2 Å². The van der Waals surface area contributed by atoms with Gasteiger partial charge >= 0.3 is 0 Å². The average molecular weight is 452 g/mol. The van der Waals surface area contributed by atoms with Gasteiger partial charge in [-0.15, -0.1) is 11.3 Å². The van der Waals surface area contributed by atoms with E-state index in [0.717, 1.165) is 60.2 Å². The second kappa shape index (κ2) is 10.1. The number of amides is 1. The zero-order valence-corrected chi connectivity index (χ0v) is 19.6. The molecule has 3 aromatic rings. The van der Waals surface area contributed by atoms with Crippen LogP contribution >= 0.6 is 11.3 Å². The third kappa shape index (κ3) is 5.11. The summed E-state index contributed by atoms with van der Waals surface area (Å²) >= 11 is 1.46. The molecular weight excluding hydrogens is 422 g/mol. The fraction of sp³-hybridized carbons (Fsp3) is 0.360. The highest BCUT2D eigenvalue weighted by molar-refractivity contribution is 7.14. The summed E-state index contributed by atoms with van der Waals surface area (Å²) < 4.78 is 10.7. The van der Waals surface area contributed by atoms with E-state index in [1.165, 1.54) is 16.9 Å². The van der Waals surface area contributed by atoms with Gasteiger partial charge in [-0.2, -0.15) is 0 Å². The maximum Gasteiger partial charge on any atom is 0.263 e. The van der Waals surface area contributed by atoms with Crippen LogP contribution in [0.25, 0.3) is 11.3 Å². The van der Waals surface area contributed by atoms with E-state index in [0.29, 0.717) is 4.88 Å². The number of benzene rings is 2. The number of thiazole rings is 1. The molecule has 1 saturated heterocycles. The molecule has 0 saturated carbocycles. The molecule has 1 amide bonds. The Hall–Kier alpha value is -2.90. The Kier molecular flexibility index (Phi) is 7.07. The zero-order valence-electron chi connectivity index (χ0n) is 18.8. The van der Waals surface area contributed by atoms with E-state index in [1.807, 2.05) is 49.4 Å². The van der Waals surface area contributed by atoms with Crippen LogP contribution in [0.4, 0.5) is 0 Å². The van der Waals surface area contributed by atoms with Crippen molar-refractivity contribution in [1.29, 1.82) is 0 Å². The molecule has 0 radical (unpaired) electrons. The lowest BCUT2D eigenvalue weighted by Gasteiger charge is -2.32. The number of carbonyl (C=O) groups is 1. The van der Waals surface area contributed by atoms with Gasteiger partial charge in [0.15, 0.2) is 11.5 Å². The summed E-state index contributed by atoms with van der Waals surface area (Å²) in [5.41, 5.74) is 2.95. The number of nitrogens with zero attached hydrogens (tertiary/aromatic N) is 2. The van der Waals surface area contributed by atoms with Crippen molar-refractivity contribution in [2.24, 2.45) is 0 Å². The average Bonchev–Trinajstić information content (AvgIpc) is 3.22. The van der Waals surface area contributed by atoms with Crippen molar-refractivity contribution in [3.8, 4) is 22.8 Å². The van der Waals surface area contributed by atoms with E-state index in [2.05, 4.69) is 21.3 Å². The van der Waals surface area contributed by atoms with Gasteiger partial charge in [0.1, 0.15) is 4.88 Å². The maximum atomic E-state index is 13.0. The number of aromatic nitrogens is 1. The molecule has 168 valence electrons. The highest BCUT2D eigenvalue weighted by Crippen LogP contribution is 2.30. The Labute approximate surface area is 193 Å². The van der Waals surface area contributed by atoms with E-state index in [4.69, 9.17) is 9.47 Å².